The van der Waals surface area contributed by atoms with Crippen LogP contribution in [0.15, 0.2) is 20.0 Å². The van der Waals surface area contributed by atoms with E-state index in [-0.39, 0.29) is 57.3 Å². The van der Waals surface area contributed by atoms with Gasteiger partial charge in [0.25, 0.3) is 0 Å². The molecule has 0 aliphatic heterocycles. The fourth-order valence-corrected chi connectivity index (χ4v) is 9.12. The van der Waals surface area contributed by atoms with E-state index in [9.17, 15) is 62.3 Å². The summed E-state index contributed by atoms with van der Waals surface area (Å²) in [5.41, 5.74) is 49.8. The highest BCUT2D eigenvalue weighted by atomic mass is 16.2. The molecular formula is C54H101N25O13. The Morgan fingerprint density at radius 1 is 0.250 bits per heavy atom. The van der Waals surface area contributed by atoms with Gasteiger partial charge in [-0.05, 0) is 83.1 Å². The second-order valence-corrected chi connectivity index (χ2v) is 23.2. The molecule has 0 fully saturated rings. The minimum Gasteiger partial charge on any atom is -0.370 e. The summed E-state index contributed by atoms with van der Waals surface area (Å²) < 4.78 is 0. The van der Waals surface area contributed by atoms with E-state index < -0.39 is 191 Å². The van der Waals surface area contributed by atoms with Crippen LogP contribution in [0.25, 0.3) is 0 Å². The minimum atomic E-state index is -1.39. The molecule has 38 nitrogen and oxygen atoms in total. The highest BCUT2D eigenvalue weighted by Gasteiger charge is 2.33. The van der Waals surface area contributed by atoms with Crippen LogP contribution >= 0.6 is 0 Å². The largest absolute Gasteiger partial charge is 0.370 e. The number of nitrogens with two attached hydrogens (primary N) is 9. The van der Waals surface area contributed by atoms with Crippen molar-refractivity contribution >= 4 is 101 Å². The molecule has 0 radical (unpaired) electrons. The summed E-state index contributed by atoms with van der Waals surface area (Å²) in [4.78, 5) is 182. The Morgan fingerprint density at radius 3 is 0.587 bits per heavy atom. The first-order chi connectivity index (χ1) is 42.5. The molecule has 0 heterocycles. The SMILES string of the molecule is CC(=O)NC(C)CC(=O)NC(C)C(N=C(N)N)C(=O)NC(C)CC(=O)NC(C)CC(=O)NC(C)C(N=C(N)N)C(=O)NC(C)CC(=O)NC(C)CC(=O)NC(C)C(N=C(N)N)C(=O)NC(C)CC(=O)NC(C)CC(=O)NC(C)C(N=C(N)N)C(=O)NC(C)CC(N)=O. The van der Waals surface area contributed by atoms with Crippen molar-refractivity contribution in [2.24, 2.45) is 71.6 Å². The van der Waals surface area contributed by atoms with Crippen molar-refractivity contribution in [1.29, 1.82) is 0 Å². The minimum absolute atomic E-state index is 0.0881. The lowest BCUT2D eigenvalue weighted by Gasteiger charge is -2.25. The molecule has 0 aliphatic carbocycles. The molecule has 0 aromatic heterocycles. The van der Waals surface area contributed by atoms with Gasteiger partial charge >= 0.3 is 0 Å². The first kappa shape index (κ1) is 82.2. The van der Waals surface area contributed by atoms with Gasteiger partial charge in [0, 0.05) is 107 Å². The van der Waals surface area contributed by atoms with E-state index in [1.807, 2.05) is 0 Å². The van der Waals surface area contributed by atoms with Crippen molar-refractivity contribution < 1.29 is 62.3 Å². The first-order valence-corrected chi connectivity index (χ1v) is 29.7. The number of carbonyl (C=O) groups is 13. The molecule has 520 valence electrons. The number of nitrogens with zero attached hydrogens (tertiary/aromatic N) is 4. The van der Waals surface area contributed by atoms with Crippen LogP contribution in [0.4, 0.5) is 0 Å². The van der Waals surface area contributed by atoms with Crippen molar-refractivity contribution in [1.82, 2.24) is 63.8 Å². The van der Waals surface area contributed by atoms with Gasteiger partial charge in [0.15, 0.2) is 48.0 Å². The molecule has 13 amide bonds. The Labute approximate surface area is 534 Å². The Kier molecular flexibility index (Phi) is 36.4. The fraction of sp³-hybridized carbons (Fsp3) is 0.685. The van der Waals surface area contributed by atoms with Crippen LogP contribution in [0.3, 0.4) is 0 Å². The molecule has 0 aliphatic rings. The summed E-state index contributed by atoms with van der Waals surface area (Å²) in [7, 11) is 0. The molecule has 0 bridgehead atoms. The molecule has 30 N–H and O–H groups in total. The van der Waals surface area contributed by atoms with Gasteiger partial charge in [0.05, 0.1) is 24.2 Å². The zero-order chi connectivity index (χ0) is 71.0. The van der Waals surface area contributed by atoms with E-state index in [0.717, 1.165) is 0 Å². The monoisotopic (exact) mass is 1310 g/mol. The molecular weight excluding hydrogens is 1210 g/mol. The number of carbonyl (C=O) groups excluding carboxylic acids is 13. The Bertz CT molecular complexity index is 2690. The second-order valence-electron chi connectivity index (χ2n) is 23.2. The maximum atomic E-state index is 13.5. The fourth-order valence-electron chi connectivity index (χ4n) is 9.12. The number of rotatable bonds is 40. The van der Waals surface area contributed by atoms with Crippen molar-refractivity contribution in [2.45, 2.75) is 238 Å². The molecule has 0 aromatic rings. The van der Waals surface area contributed by atoms with Crippen molar-refractivity contribution in [3.63, 3.8) is 0 Å². The van der Waals surface area contributed by atoms with Crippen LogP contribution in [0, 0.1) is 0 Å². The van der Waals surface area contributed by atoms with Gasteiger partial charge in [-0.2, -0.15) is 0 Å². The molecule has 16 atom stereocenters. The molecule has 0 aromatic carbocycles. The lowest BCUT2D eigenvalue weighted by molar-refractivity contribution is -0.128. The van der Waals surface area contributed by atoms with Gasteiger partial charge in [-0.1, -0.05) is 0 Å². The molecule has 38 heteroatoms. The van der Waals surface area contributed by atoms with E-state index in [2.05, 4.69) is 83.8 Å². The van der Waals surface area contributed by atoms with Crippen LogP contribution < -0.4 is 115 Å². The van der Waals surface area contributed by atoms with Crippen molar-refractivity contribution in [3.8, 4) is 0 Å². The predicted octanol–water partition coefficient (Wildman–Crippen LogP) is -8.76. The van der Waals surface area contributed by atoms with Crippen LogP contribution in [0.5, 0.6) is 0 Å². The summed E-state index contributed by atoms with van der Waals surface area (Å²) in [6, 6.07) is -15.1. The highest BCUT2D eigenvalue weighted by Crippen LogP contribution is 2.10. The number of hydrogen-bond donors (Lipinski definition) is 21. The molecule has 0 saturated carbocycles. The van der Waals surface area contributed by atoms with Crippen LogP contribution in [-0.4, -0.2) is 197 Å². The Balaban J connectivity index is 5.38. The molecule has 0 spiro atoms. The van der Waals surface area contributed by atoms with Gasteiger partial charge in [-0.15, -0.1) is 0 Å². The number of aliphatic imine (C=N–C) groups is 4. The average molecular weight is 1310 g/mol. The van der Waals surface area contributed by atoms with E-state index in [1.54, 1.807) is 27.7 Å². The maximum Gasteiger partial charge on any atom is 0.247 e. The summed E-state index contributed by atoms with van der Waals surface area (Å²) in [6.45, 7) is 19.6. The Hall–Kier alpha value is -9.81. The first-order valence-electron chi connectivity index (χ1n) is 29.7. The smallest absolute Gasteiger partial charge is 0.247 e. The lowest BCUT2D eigenvalue weighted by Crippen LogP contribution is -2.53. The summed E-state index contributed by atoms with van der Waals surface area (Å²) in [5, 5.41) is 31.5. The van der Waals surface area contributed by atoms with E-state index in [1.165, 1.54) is 62.3 Å². The number of primary amides is 1. The van der Waals surface area contributed by atoms with E-state index >= 15 is 0 Å². The van der Waals surface area contributed by atoms with Crippen molar-refractivity contribution in [3.05, 3.63) is 0 Å². The third-order valence-electron chi connectivity index (χ3n) is 12.9. The summed E-state index contributed by atoms with van der Waals surface area (Å²) in [5.74, 6) is -9.72. The molecule has 0 saturated heterocycles. The average Bonchev–Trinajstić information content (AvgIpc) is 0.937. The highest BCUT2D eigenvalue weighted by molar-refractivity contribution is 5.92. The van der Waals surface area contributed by atoms with Gasteiger partial charge in [-0.25, -0.2) is 20.0 Å². The standard InChI is InChI=1S/C54H101N25O13/c1-22(14-35(55)81)68-47(89)43(76-51(56)57)30(9)73-40(86)16-24(3)65-37(83)20-28(7)70-49(91)45(78-53(60)61)32(11)75-42(88)18-26(5)67-38(84)21-29(8)71-50(92)46(79-54(62)63)33(12)74-41(87)17-25(4)66-36(82)19-27(6)69-48(90)44(77-52(58)59)31(10)72-39(85)15-23(2)64-34(13)80/h22-33,43-46H,14-21H2,1-13H3,(H2,55,81)(H,64,80)(H,65,83)(H,66,82)(H,67,84)(H,68,89)(H,69,90)(H,70,91)(H,71,92)(H,72,85)(H,73,86)(H,74,87)(H,75,88)(H4,56,57,76)(H4,58,59,77)(H4,60,61,78)(H4,62,63,79). The molecule has 16 unspecified atom stereocenters. The predicted molar refractivity (Wildman–Crippen MR) is 341 cm³/mol. The normalized spacial score (nSPS) is 16.1. The summed E-state index contributed by atoms with van der Waals surface area (Å²) >= 11 is 0. The summed E-state index contributed by atoms with van der Waals surface area (Å²) in [6.07, 6.45) is -1.85. The molecule has 0 rings (SSSR count). The van der Waals surface area contributed by atoms with Gasteiger partial charge in [0.2, 0.25) is 76.8 Å². The third kappa shape index (κ3) is 36.0. The maximum absolute atomic E-state index is 13.5. The third-order valence-corrected chi connectivity index (χ3v) is 12.9. The van der Waals surface area contributed by atoms with E-state index in [0.29, 0.717) is 0 Å². The quantitative estimate of drug-likeness (QED) is 0.0200. The Morgan fingerprint density at radius 2 is 0.413 bits per heavy atom. The lowest BCUT2D eigenvalue weighted by atomic mass is 10.1. The number of guanidine groups is 4. The molecule has 92 heavy (non-hydrogen) atoms. The zero-order valence-electron chi connectivity index (χ0n) is 54.7. The zero-order valence-corrected chi connectivity index (χ0v) is 54.7. The second kappa shape index (κ2) is 40.7. The van der Waals surface area contributed by atoms with Crippen LogP contribution in [-0.2, 0) is 62.3 Å². The number of amides is 13. The van der Waals surface area contributed by atoms with Crippen molar-refractivity contribution in [2.75, 3.05) is 0 Å². The van der Waals surface area contributed by atoms with Gasteiger partial charge in [-0.3, -0.25) is 62.3 Å². The van der Waals surface area contributed by atoms with Gasteiger partial charge < -0.3 is 115 Å². The van der Waals surface area contributed by atoms with Crippen LogP contribution in [0.2, 0.25) is 0 Å². The number of nitrogens with one attached hydrogen (secondary N) is 12. The van der Waals surface area contributed by atoms with Crippen LogP contribution in [0.1, 0.15) is 141 Å². The number of hydrogen-bond acceptors (Lipinski definition) is 17. The topological polar surface area (TPSA) is 650 Å². The van der Waals surface area contributed by atoms with E-state index in [4.69, 9.17) is 51.6 Å². The van der Waals surface area contributed by atoms with Gasteiger partial charge in [0.1, 0.15) is 0 Å².